The third-order valence-corrected chi connectivity index (χ3v) is 6.31. The standard InChI is InChI=1S/C24H20ClN3O4S/c1-14(29)16-5-8-18(9-6-16)26-22(30)15(2)33-24-27-21-12-17(25)7-10-20(21)23(31)28(24)13-19-4-3-11-32-19/h3-12,15H,13H2,1-2H3,(H,26,30). The van der Waals surface area contributed by atoms with Crippen molar-refractivity contribution in [1.29, 1.82) is 0 Å². The molecule has 0 aliphatic heterocycles. The van der Waals surface area contributed by atoms with Crippen molar-refractivity contribution in [3.8, 4) is 0 Å². The van der Waals surface area contributed by atoms with Crippen LogP contribution in [0.5, 0.6) is 0 Å². The molecule has 0 saturated heterocycles. The van der Waals surface area contributed by atoms with Gasteiger partial charge in [-0.05, 0) is 68.4 Å². The fourth-order valence-corrected chi connectivity index (χ4v) is 4.28. The zero-order valence-corrected chi connectivity index (χ0v) is 19.4. The SMILES string of the molecule is CC(=O)c1ccc(NC(=O)C(C)Sc2nc3cc(Cl)ccc3c(=O)n2Cc2ccco2)cc1. The second-order valence-electron chi connectivity index (χ2n) is 7.41. The molecule has 1 N–H and O–H groups in total. The van der Waals surface area contributed by atoms with Gasteiger partial charge in [0.2, 0.25) is 5.91 Å². The third-order valence-electron chi connectivity index (χ3n) is 4.99. The average Bonchev–Trinajstić information content (AvgIpc) is 3.30. The number of nitrogens with zero attached hydrogens (tertiary/aromatic N) is 2. The predicted molar refractivity (Wildman–Crippen MR) is 129 cm³/mol. The smallest absolute Gasteiger partial charge is 0.262 e. The zero-order chi connectivity index (χ0) is 23.5. The molecule has 0 radical (unpaired) electrons. The third kappa shape index (κ3) is 5.18. The normalized spacial score (nSPS) is 12.0. The first-order chi connectivity index (χ1) is 15.8. The molecule has 168 valence electrons. The lowest BCUT2D eigenvalue weighted by Gasteiger charge is -2.16. The van der Waals surface area contributed by atoms with Gasteiger partial charge in [-0.15, -0.1) is 0 Å². The van der Waals surface area contributed by atoms with Gasteiger partial charge in [-0.2, -0.15) is 0 Å². The lowest BCUT2D eigenvalue weighted by molar-refractivity contribution is -0.115. The lowest BCUT2D eigenvalue weighted by Crippen LogP contribution is -2.27. The highest BCUT2D eigenvalue weighted by Crippen LogP contribution is 2.25. The van der Waals surface area contributed by atoms with E-state index in [1.165, 1.54) is 17.8 Å². The Kier molecular flexibility index (Phi) is 6.67. The number of carbonyl (C=O) groups is 2. The van der Waals surface area contributed by atoms with Gasteiger partial charge in [0, 0.05) is 16.3 Å². The van der Waals surface area contributed by atoms with Crippen molar-refractivity contribution in [2.24, 2.45) is 0 Å². The number of carbonyl (C=O) groups excluding carboxylic acids is 2. The number of rotatable bonds is 7. The molecule has 0 spiro atoms. The number of hydrogen-bond donors (Lipinski definition) is 1. The fourth-order valence-electron chi connectivity index (χ4n) is 3.21. The number of halogens is 1. The summed E-state index contributed by atoms with van der Waals surface area (Å²) in [5.41, 5.74) is 1.35. The van der Waals surface area contributed by atoms with E-state index in [0.717, 1.165) is 11.8 Å². The number of furan rings is 1. The van der Waals surface area contributed by atoms with Crippen molar-refractivity contribution >= 4 is 51.6 Å². The Hall–Kier alpha value is -3.36. The minimum absolute atomic E-state index is 0.0474. The first-order valence-electron chi connectivity index (χ1n) is 10.1. The van der Waals surface area contributed by atoms with E-state index in [0.29, 0.717) is 38.1 Å². The summed E-state index contributed by atoms with van der Waals surface area (Å²) >= 11 is 7.26. The number of Topliss-reactive ketones (excluding diaryl/α,β-unsaturated/α-hetero) is 1. The molecule has 1 amide bonds. The number of fused-ring (bicyclic) bond motifs is 1. The van der Waals surface area contributed by atoms with Crippen LogP contribution < -0.4 is 10.9 Å². The van der Waals surface area contributed by atoms with Crippen LogP contribution in [0.15, 0.2) is 75.2 Å². The molecule has 1 atom stereocenters. The second kappa shape index (κ2) is 9.64. The van der Waals surface area contributed by atoms with Crippen LogP contribution in [-0.2, 0) is 11.3 Å². The molecular weight excluding hydrogens is 462 g/mol. The van der Waals surface area contributed by atoms with E-state index >= 15 is 0 Å². The molecule has 1 unspecified atom stereocenters. The van der Waals surface area contributed by atoms with Crippen molar-refractivity contribution in [3.63, 3.8) is 0 Å². The Balaban J connectivity index is 1.62. The summed E-state index contributed by atoms with van der Waals surface area (Å²) < 4.78 is 6.91. The monoisotopic (exact) mass is 481 g/mol. The van der Waals surface area contributed by atoms with Crippen LogP contribution in [0.25, 0.3) is 10.9 Å². The molecule has 4 aromatic rings. The molecule has 9 heteroatoms. The average molecular weight is 482 g/mol. The minimum Gasteiger partial charge on any atom is -0.467 e. The van der Waals surface area contributed by atoms with E-state index in [1.807, 2.05) is 0 Å². The van der Waals surface area contributed by atoms with Gasteiger partial charge in [0.05, 0.1) is 29.0 Å². The molecule has 0 saturated carbocycles. The number of thioether (sulfide) groups is 1. The quantitative estimate of drug-likeness (QED) is 0.226. The van der Waals surface area contributed by atoms with E-state index < -0.39 is 5.25 Å². The molecule has 0 fully saturated rings. The van der Waals surface area contributed by atoms with Gasteiger partial charge >= 0.3 is 0 Å². The van der Waals surface area contributed by atoms with Gasteiger partial charge in [0.15, 0.2) is 10.9 Å². The summed E-state index contributed by atoms with van der Waals surface area (Å²) in [5, 5.41) is 3.53. The summed E-state index contributed by atoms with van der Waals surface area (Å²) in [4.78, 5) is 42.1. The Bertz CT molecular complexity index is 1380. The van der Waals surface area contributed by atoms with E-state index in [9.17, 15) is 14.4 Å². The van der Waals surface area contributed by atoms with Crippen molar-refractivity contribution in [2.75, 3.05) is 5.32 Å². The van der Waals surface area contributed by atoms with E-state index in [1.54, 1.807) is 61.5 Å². The number of anilines is 1. The van der Waals surface area contributed by atoms with Crippen LogP contribution in [0.1, 0.15) is 30.0 Å². The molecule has 4 rings (SSSR count). The van der Waals surface area contributed by atoms with Crippen molar-refractivity contribution < 1.29 is 14.0 Å². The van der Waals surface area contributed by atoms with Gasteiger partial charge < -0.3 is 9.73 Å². The van der Waals surface area contributed by atoms with Gasteiger partial charge in [-0.1, -0.05) is 23.4 Å². The van der Waals surface area contributed by atoms with Gasteiger partial charge in [-0.3, -0.25) is 19.0 Å². The van der Waals surface area contributed by atoms with Crippen molar-refractivity contribution in [2.45, 2.75) is 30.8 Å². The number of ketones is 1. The maximum atomic E-state index is 13.2. The number of nitrogens with one attached hydrogen (secondary N) is 1. The molecule has 33 heavy (non-hydrogen) atoms. The highest BCUT2D eigenvalue weighted by atomic mass is 35.5. The Morgan fingerprint density at radius 2 is 1.94 bits per heavy atom. The van der Waals surface area contributed by atoms with Crippen LogP contribution >= 0.6 is 23.4 Å². The molecular formula is C24H20ClN3O4S. The highest BCUT2D eigenvalue weighted by Gasteiger charge is 2.20. The van der Waals surface area contributed by atoms with Crippen LogP contribution in [-0.4, -0.2) is 26.5 Å². The van der Waals surface area contributed by atoms with Crippen molar-refractivity contribution in [3.05, 3.63) is 87.6 Å². The van der Waals surface area contributed by atoms with Crippen LogP contribution in [0.4, 0.5) is 5.69 Å². The highest BCUT2D eigenvalue weighted by molar-refractivity contribution is 8.00. The molecule has 0 aliphatic carbocycles. The maximum absolute atomic E-state index is 13.2. The molecule has 2 aromatic carbocycles. The molecule has 0 bridgehead atoms. The Labute approximate surface area is 198 Å². The van der Waals surface area contributed by atoms with Crippen LogP contribution in [0.2, 0.25) is 5.02 Å². The van der Waals surface area contributed by atoms with Gasteiger partial charge in [-0.25, -0.2) is 4.98 Å². The van der Waals surface area contributed by atoms with E-state index in [2.05, 4.69) is 10.3 Å². The summed E-state index contributed by atoms with van der Waals surface area (Å²) in [6.45, 7) is 3.40. The van der Waals surface area contributed by atoms with Crippen molar-refractivity contribution in [1.82, 2.24) is 9.55 Å². The lowest BCUT2D eigenvalue weighted by atomic mass is 10.1. The summed E-state index contributed by atoms with van der Waals surface area (Å²) in [7, 11) is 0. The van der Waals surface area contributed by atoms with Gasteiger partial charge in [0.1, 0.15) is 5.76 Å². The maximum Gasteiger partial charge on any atom is 0.262 e. The number of amides is 1. The van der Waals surface area contributed by atoms with Gasteiger partial charge in [0.25, 0.3) is 5.56 Å². The predicted octanol–water partition coefficient (Wildman–Crippen LogP) is 5.01. The second-order valence-corrected chi connectivity index (χ2v) is 9.15. The Morgan fingerprint density at radius 1 is 1.18 bits per heavy atom. The topological polar surface area (TPSA) is 94.2 Å². The summed E-state index contributed by atoms with van der Waals surface area (Å²) in [6, 6.07) is 15.1. The fraction of sp³-hybridized carbons (Fsp3) is 0.167. The van der Waals surface area contributed by atoms with E-state index in [4.69, 9.17) is 16.0 Å². The number of hydrogen-bond acceptors (Lipinski definition) is 6. The zero-order valence-electron chi connectivity index (χ0n) is 17.9. The molecule has 0 aliphatic rings. The van der Waals surface area contributed by atoms with Crippen LogP contribution in [0, 0.1) is 0 Å². The molecule has 2 heterocycles. The summed E-state index contributed by atoms with van der Waals surface area (Å²) in [6.07, 6.45) is 1.54. The summed E-state index contributed by atoms with van der Waals surface area (Å²) in [5.74, 6) is 0.283. The number of benzene rings is 2. The molecule has 7 nitrogen and oxygen atoms in total. The Morgan fingerprint density at radius 3 is 2.61 bits per heavy atom. The molecule has 2 aromatic heterocycles. The number of aromatic nitrogens is 2. The first-order valence-corrected chi connectivity index (χ1v) is 11.4. The first kappa shape index (κ1) is 22.8. The van der Waals surface area contributed by atoms with E-state index in [-0.39, 0.29) is 23.8 Å². The van der Waals surface area contributed by atoms with Crippen LogP contribution in [0.3, 0.4) is 0 Å². The largest absolute Gasteiger partial charge is 0.467 e. The minimum atomic E-state index is -0.566.